The molecule has 1 atom stereocenters. The Bertz CT molecular complexity index is 789. The van der Waals surface area contributed by atoms with Gasteiger partial charge < -0.3 is 10.6 Å². The predicted octanol–water partition coefficient (Wildman–Crippen LogP) is 4.85. The number of carbonyl (C=O) groups excluding carboxylic acids is 2. The minimum atomic E-state index is -4.59. The molecule has 1 aliphatic heterocycles. The van der Waals surface area contributed by atoms with Crippen LogP contribution in [0.3, 0.4) is 0 Å². The van der Waals surface area contributed by atoms with E-state index in [0.717, 1.165) is 50.7 Å². The average molecular weight is 460 g/mol. The maximum atomic E-state index is 13.0. The third-order valence-corrected chi connectivity index (χ3v) is 6.65. The highest BCUT2D eigenvalue weighted by molar-refractivity contribution is 6.31. The van der Waals surface area contributed by atoms with Crippen LogP contribution >= 0.6 is 11.6 Å². The van der Waals surface area contributed by atoms with E-state index in [1.807, 2.05) is 4.90 Å². The van der Waals surface area contributed by atoms with Crippen molar-refractivity contribution in [1.82, 2.24) is 10.2 Å². The Labute approximate surface area is 185 Å². The molecule has 2 N–H and O–H groups in total. The molecule has 1 aromatic rings. The summed E-state index contributed by atoms with van der Waals surface area (Å²) < 4.78 is 39.1. The number of hydrogen-bond acceptors (Lipinski definition) is 3. The monoisotopic (exact) mass is 459 g/mol. The zero-order chi connectivity index (χ0) is 22.6. The molecule has 2 fully saturated rings. The number of carbonyl (C=O) groups is 2. The molecular formula is C22H29ClF3N3O2. The van der Waals surface area contributed by atoms with Crippen LogP contribution in [0.25, 0.3) is 0 Å². The molecule has 2 aliphatic rings. The highest BCUT2D eigenvalue weighted by atomic mass is 35.5. The molecule has 172 valence electrons. The smallest absolute Gasteiger partial charge is 0.353 e. The number of nitrogens with one attached hydrogen (secondary N) is 2. The summed E-state index contributed by atoms with van der Waals surface area (Å²) in [5.74, 6) is -0.107. The fourth-order valence-electron chi connectivity index (χ4n) is 4.35. The number of benzene rings is 1. The van der Waals surface area contributed by atoms with Crippen molar-refractivity contribution in [2.24, 2.45) is 5.92 Å². The van der Waals surface area contributed by atoms with E-state index < -0.39 is 22.8 Å². The second-order valence-electron chi connectivity index (χ2n) is 8.51. The molecule has 0 bridgehead atoms. The van der Waals surface area contributed by atoms with E-state index in [4.69, 9.17) is 11.6 Å². The molecule has 0 spiro atoms. The quantitative estimate of drug-likeness (QED) is 0.662. The van der Waals surface area contributed by atoms with Gasteiger partial charge in [-0.25, -0.2) is 0 Å². The van der Waals surface area contributed by atoms with Gasteiger partial charge in [0, 0.05) is 30.7 Å². The first kappa shape index (κ1) is 23.9. The zero-order valence-electron chi connectivity index (χ0n) is 17.6. The molecule has 0 radical (unpaired) electrons. The number of nitrogens with zero attached hydrogens (tertiary/aromatic N) is 1. The second kappa shape index (κ2) is 10.2. The minimum absolute atomic E-state index is 0.0585. The molecule has 1 saturated carbocycles. The van der Waals surface area contributed by atoms with Crippen LogP contribution in [0, 0.1) is 5.92 Å². The highest BCUT2D eigenvalue weighted by Gasteiger charge is 2.34. The lowest BCUT2D eigenvalue weighted by Crippen LogP contribution is -2.51. The van der Waals surface area contributed by atoms with Crippen molar-refractivity contribution in [1.29, 1.82) is 0 Å². The standard InChI is InChI=1S/C22H29ClF3N3O2/c1-14(20(30)28-17-7-8-19(23)18(13-17)22(24,25)26)29-11-9-16(10-12-29)27-21(31)15-5-3-2-4-6-15/h7-8,13-16H,2-6,9-12H2,1H3,(H,27,31)(H,28,30). The Hall–Kier alpha value is -1.80. The summed E-state index contributed by atoms with van der Waals surface area (Å²) >= 11 is 5.63. The molecule has 31 heavy (non-hydrogen) atoms. The molecule has 9 heteroatoms. The van der Waals surface area contributed by atoms with Crippen molar-refractivity contribution in [3.63, 3.8) is 0 Å². The maximum Gasteiger partial charge on any atom is 0.417 e. The highest BCUT2D eigenvalue weighted by Crippen LogP contribution is 2.36. The summed E-state index contributed by atoms with van der Waals surface area (Å²) in [4.78, 5) is 27.0. The number of alkyl halides is 3. The van der Waals surface area contributed by atoms with Gasteiger partial charge in [0.15, 0.2) is 0 Å². The number of piperidine rings is 1. The van der Waals surface area contributed by atoms with E-state index >= 15 is 0 Å². The molecule has 1 saturated heterocycles. The molecule has 2 amide bonds. The van der Waals surface area contributed by atoms with Crippen LogP contribution in [0.15, 0.2) is 18.2 Å². The number of anilines is 1. The summed E-state index contributed by atoms with van der Waals surface area (Å²) in [5, 5.41) is 5.31. The lowest BCUT2D eigenvalue weighted by molar-refractivity contribution is -0.137. The van der Waals surface area contributed by atoms with E-state index in [9.17, 15) is 22.8 Å². The van der Waals surface area contributed by atoms with Crippen LogP contribution in [0.1, 0.15) is 57.4 Å². The summed E-state index contributed by atoms with van der Waals surface area (Å²) in [6, 6.07) is 2.94. The lowest BCUT2D eigenvalue weighted by Gasteiger charge is -2.36. The third-order valence-electron chi connectivity index (χ3n) is 6.32. The van der Waals surface area contributed by atoms with Gasteiger partial charge in [0.1, 0.15) is 0 Å². The fraction of sp³-hybridized carbons (Fsp3) is 0.636. The molecule has 1 aliphatic carbocycles. The van der Waals surface area contributed by atoms with Gasteiger partial charge in [-0.2, -0.15) is 13.2 Å². The third kappa shape index (κ3) is 6.35. The number of amides is 2. The van der Waals surface area contributed by atoms with Gasteiger partial charge in [0.2, 0.25) is 11.8 Å². The number of rotatable bonds is 5. The Morgan fingerprint density at radius 1 is 1.10 bits per heavy atom. The SMILES string of the molecule is CC(C(=O)Nc1ccc(Cl)c(C(F)(F)F)c1)N1CCC(NC(=O)C2CCCCC2)CC1. The minimum Gasteiger partial charge on any atom is -0.353 e. The van der Waals surface area contributed by atoms with Crippen LogP contribution < -0.4 is 10.6 Å². The molecule has 3 rings (SSSR count). The van der Waals surface area contributed by atoms with Gasteiger partial charge in [-0.3, -0.25) is 14.5 Å². The number of halogens is 4. The van der Waals surface area contributed by atoms with Gasteiger partial charge in [-0.15, -0.1) is 0 Å². The van der Waals surface area contributed by atoms with Crippen LogP contribution in [0.4, 0.5) is 18.9 Å². The van der Waals surface area contributed by atoms with E-state index in [1.54, 1.807) is 6.92 Å². The first-order chi connectivity index (χ1) is 14.6. The normalized spacial score (nSPS) is 20.3. The van der Waals surface area contributed by atoms with Gasteiger partial charge in [0.25, 0.3) is 0 Å². The fourth-order valence-corrected chi connectivity index (χ4v) is 4.57. The van der Waals surface area contributed by atoms with Gasteiger partial charge >= 0.3 is 6.18 Å². The van der Waals surface area contributed by atoms with Gasteiger partial charge in [-0.1, -0.05) is 30.9 Å². The van der Waals surface area contributed by atoms with E-state index in [1.165, 1.54) is 12.5 Å². The van der Waals surface area contributed by atoms with Gasteiger partial charge in [0.05, 0.1) is 16.6 Å². The zero-order valence-corrected chi connectivity index (χ0v) is 18.4. The molecule has 1 heterocycles. The Morgan fingerprint density at radius 3 is 2.35 bits per heavy atom. The first-order valence-electron chi connectivity index (χ1n) is 10.9. The van der Waals surface area contributed by atoms with E-state index in [0.29, 0.717) is 13.1 Å². The van der Waals surface area contributed by atoms with Crippen molar-refractivity contribution < 1.29 is 22.8 Å². The van der Waals surface area contributed by atoms with Crippen LogP contribution in [0.2, 0.25) is 5.02 Å². The average Bonchev–Trinajstić information content (AvgIpc) is 2.75. The van der Waals surface area contributed by atoms with Crippen LogP contribution in [-0.4, -0.2) is 41.9 Å². The largest absolute Gasteiger partial charge is 0.417 e. The summed E-state index contributed by atoms with van der Waals surface area (Å²) in [5.41, 5.74) is -0.919. The lowest BCUT2D eigenvalue weighted by atomic mass is 9.88. The summed E-state index contributed by atoms with van der Waals surface area (Å²) in [7, 11) is 0. The summed E-state index contributed by atoms with van der Waals surface area (Å²) in [6.07, 6.45) is 2.25. The predicted molar refractivity (Wildman–Crippen MR) is 114 cm³/mol. The van der Waals surface area contributed by atoms with Crippen molar-refractivity contribution in [3.05, 3.63) is 28.8 Å². The molecule has 5 nitrogen and oxygen atoms in total. The Balaban J connectivity index is 1.49. The van der Waals surface area contributed by atoms with E-state index in [-0.39, 0.29) is 29.5 Å². The first-order valence-corrected chi connectivity index (χ1v) is 11.2. The Morgan fingerprint density at radius 2 is 1.74 bits per heavy atom. The molecular weight excluding hydrogens is 431 g/mol. The molecule has 1 aromatic carbocycles. The topological polar surface area (TPSA) is 61.4 Å². The van der Waals surface area contributed by atoms with Crippen LogP contribution in [-0.2, 0) is 15.8 Å². The Kier molecular flexibility index (Phi) is 7.86. The van der Waals surface area contributed by atoms with Crippen molar-refractivity contribution in [2.75, 3.05) is 18.4 Å². The second-order valence-corrected chi connectivity index (χ2v) is 8.92. The van der Waals surface area contributed by atoms with Crippen molar-refractivity contribution >= 4 is 29.1 Å². The van der Waals surface area contributed by atoms with Gasteiger partial charge in [-0.05, 0) is 50.8 Å². The summed E-state index contributed by atoms with van der Waals surface area (Å²) in [6.45, 7) is 3.01. The number of hydrogen-bond donors (Lipinski definition) is 2. The number of likely N-dealkylation sites (tertiary alicyclic amines) is 1. The van der Waals surface area contributed by atoms with Crippen LogP contribution in [0.5, 0.6) is 0 Å². The van der Waals surface area contributed by atoms with Crippen molar-refractivity contribution in [2.45, 2.75) is 70.1 Å². The molecule has 0 aromatic heterocycles. The maximum absolute atomic E-state index is 13.0. The van der Waals surface area contributed by atoms with Crippen molar-refractivity contribution in [3.8, 4) is 0 Å². The van der Waals surface area contributed by atoms with E-state index in [2.05, 4.69) is 10.6 Å². The molecule has 1 unspecified atom stereocenters.